The number of epoxide rings is 1. The lowest BCUT2D eigenvalue weighted by Gasteiger charge is -2.33. The molecule has 108 valence electrons. The van der Waals surface area contributed by atoms with E-state index in [1.54, 1.807) is 4.90 Å². The van der Waals surface area contributed by atoms with Crippen LogP contribution in [-0.2, 0) is 16.1 Å². The van der Waals surface area contributed by atoms with Crippen LogP contribution in [0.4, 0.5) is 4.79 Å². The van der Waals surface area contributed by atoms with Crippen molar-refractivity contribution in [1.82, 2.24) is 9.80 Å². The third-order valence-corrected chi connectivity index (χ3v) is 3.70. The Balaban J connectivity index is 1.39. The maximum atomic E-state index is 12.0. The second-order valence-electron chi connectivity index (χ2n) is 5.28. The van der Waals surface area contributed by atoms with Crippen molar-refractivity contribution >= 4 is 6.09 Å². The van der Waals surface area contributed by atoms with Crippen LogP contribution < -0.4 is 0 Å². The van der Waals surface area contributed by atoms with Gasteiger partial charge in [-0.2, -0.15) is 0 Å². The molecule has 2 saturated heterocycles. The summed E-state index contributed by atoms with van der Waals surface area (Å²) in [6.45, 7) is 5.50. The fourth-order valence-electron chi connectivity index (χ4n) is 2.39. The highest BCUT2D eigenvalue weighted by Gasteiger charge is 2.28. The van der Waals surface area contributed by atoms with E-state index >= 15 is 0 Å². The van der Waals surface area contributed by atoms with Crippen LogP contribution in [0.25, 0.3) is 0 Å². The highest BCUT2D eigenvalue weighted by Crippen LogP contribution is 2.13. The summed E-state index contributed by atoms with van der Waals surface area (Å²) in [7, 11) is 0. The predicted molar refractivity (Wildman–Crippen MR) is 74.4 cm³/mol. The molecule has 1 unspecified atom stereocenters. The molecule has 1 amide bonds. The Kier molecular flexibility index (Phi) is 4.18. The monoisotopic (exact) mass is 276 g/mol. The van der Waals surface area contributed by atoms with E-state index in [2.05, 4.69) is 4.90 Å². The van der Waals surface area contributed by atoms with Gasteiger partial charge in [-0.15, -0.1) is 0 Å². The summed E-state index contributed by atoms with van der Waals surface area (Å²) in [6.07, 6.45) is 0.211. The van der Waals surface area contributed by atoms with E-state index in [-0.39, 0.29) is 6.09 Å². The van der Waals surface area contributed by atoms with Crippen molar-refractivity contribution < 1.29 is 14.3 Å². The molecule has 0 N–H and O–H groups in total. The molecular formula is C15H20N2O3. The number of hydrogen-bond acceptors (Lipinski definition) is 4. The van der Waals surface area contributed by atoms with E-state index in [1.807, 2.05) is 30.3 Å². The molecule has 1 aromatic rings. The van der Waals surface area contributed by atoms with Crippen molar-refractivity contribution in [2.24, 2.45) is 0 Å². The molecule has 5 heteroatoms. The number of amides is 1. The number of piperazine rings is 1. The van der Waals surface area contributed by atoms with E-state index in [9.17, 15) is 4.79 Å². The van der Waals surface area contributed by atoms with E-state index in [0.717, 1.165) is 44.9 Å². The van der Waals surface area contributed by atoms with Gasteiger partial charge in [0.1, 0.15) is 6.61 Å². The van der Waals surface area contributed by atoms with Gasteiger partial charge >= 0.3 is 6.09 Å². The first-order valence-corrected chi connectivity index (χ1v) is 7.11. The summed E-state index contributed by atoms with van der Waals surface area (Å²) in [6, 6.07) is 9.76. The lowest BCUT2D eigenvalue weighted by atomic mass is 10.2. The molecule has 1 aromatic carbocycles. The van der Waals surface area contributed by atoms with Gasteiger partial charge in [0.15, 0.2) is 0 Å². The first-order valence-electron chi connectivity index (χ1n) is 7.11. The molecule has 1 atom stereocenters. The Hall–Kier alpha value is -1.59. The van der Waals surface area contributed by atoms with Gasteiger partial charge in [0.05, 0.1) is 12.7 Å². The van der Waals surface area contributed by atoms with Crippen molar-refractivity contribution in [3.05, 3.63) is 35.9 Å². The molecule has 3 rings (SSSR count). The smallest absolute Gasteiger partial charge is 0.410 e. The van der Waals surface area contributed by atoms with Crippen molar-refractivity contribution in [3.8, 4) is 0 Å². The van der Waals surface area contributed by atoms with Gasteiger partial charge in [-0.1, -0.05) is 30.3 Å². The van der Waals surface area contributed by atoms with E-state index in [4.69, 9.17) is 9.47 Å². The number of ether oxygens (including phenoxy) is 2. The van der Waals surface area contributed by atoms with Crippen molar-refractivity contribution in [1.29, 1.82) is 0 Å². The third kappa shape index (κ3) is 3.71. The SMILES string of the molecule is O=C(OCc1ccccc1)N1CCN(CC2CO2)CC1. The van der Waals surface area contributed by atoms with Crippen molar-refractivity contribution in [2.45, 2.75) is 12.7 Å². The maximum absolute atomic E-state index is 12.0. The second kappa shape index (κ2) is 6.24. The van der Waals surface area contributed by atoms with Gasteiger partial charge in [-0.3, -0.25) is 4.90 Å². The van der Waals surface area contributed by atoms with Crippen LogP contribution in [0.3, 0.4) is 0 Å². The molecule has 2 aliphatic heterocycles. The van der Waals surface area contributed by atoms with E-state index < -0.39 is 0 Å². The summed E-state index contributed by atoms with van der Waals surface area (Å²) in [4.78, 5) is 16.1. The lowest BCUT2D eigenvalue weighted by molar-refractivity contribution is 0.0701. The van der Waals surface area contributed by atoms with Crippen LogP contribution >= 0.6 is 0 Å². The molecule has 5 nitrogen and oxygen atoms in total. The summed E-state index contributed by atoms with van der Waals surface area (Å²) in [5.74, 6) is 0. The Morgan fingerprint density at radius 1 is 1.20 bits per heavy atom. The van der Waals surface area contributed by atoms with Gasteiger partial charge in [0.2, 0.25) is 0 Å². The van der Waals surface area contributed by atoms with Crippen molar-refractivity contribution in [2.75, 3.05) is 39.3 Å². The Morgan fingerprint density at radius 3 is 2.55 bits per heavy atom. The van der Waals surface area contributed by atoms with Crippen LogP contribution in [0.15, 0.2) is 30.3 Å². The van der Waals surface area contributed by atoms with Crippen LogP contribution in [0, 0.1) is 0 Å². The molecule has 0 aromatic heterocycles. The maximum Gasteiger partial charge on any atom is 0.410 e. The molecule has 0 radical (unpaired) electrons. The zero-order valence-corrected chi connectivity index (χ0v) is 11.5. The van der Waals surface area contributed by atoms with Gasteiger partial charge in [0.25, 0.3) is 0 Å². The highest BCUT2D eigenvalue weighted by molar-refractivity contribution is 5.67. The lowest BCUT2D eigenvalue weighted by Crippen LogP contribution is -2.49. The van der Waals surface area contributed by atoms with E-state index in [1.165, 1.54) is 0 Å². The number of carbonyl (C=O) groups is 1. The molecule has 20 heavy (non-hydrogen) atoms. The van der Waals surface area contributed by atoms with Crippen LogP contribution in [0.1, 0.15) is 5.56 Å². The van der Waals surface area contributed by atoms with Crippen LogP contribution in [0.5, 0.6) is 0 Å². The first-order chi connectivity index (χ1) is 9.81. The Morgan fingerprint density at radius 2 is 1.90 bits per heavy atom. The molecule has 2 aliphatic rings. The molecular weight excluding hydrogens is 256 g/mol. The summed E-state index contributed by atoms with van der Waals surface area (Å²) < 4.78 is 10.6. The normalized spacial score (nSPS) is 22.6. The topological polar surface area (TPSA) is 45.3 Å². The fraction of sp³-hybridized carbons (Fsp3) is 0.533. The second-order valence-corrected chi connectivity index (χ2v) is 5.28. The summed E-state index contributed by atoms with van der Waals surface area (Å²) >= 11 is 0. The fourth-order valence-corrected chi connectivity index (χ4v) is 2.39. The van der Waals surface area contributed by atoms with Gasteiger partial charge in [-0.05, 0) is 5.56 Å². The minimum absolute atomic E-state index is 0.212. The standard InChI is InChI=1S/C15H20N2O3/c18-15(20-11-13-4-2-1-3-5-13)17-8-6-16(7-9-17)10-14-12-19-14/h1-5,14H,6-12H2. The molecule has 0 saturated carbocycles. The van der Waals surface area contributed by atoms with Gasteiger partial charge < -0.3 is 14.4 Å². The zero-order valence-electron chi connectivity index (χ0n) is 11.5. The molecule has 0 spiro atoms. The largest absolute Gasteiger partial charge is 0.445 e. The van der Waals surface area contributed by atoms with E-state index in [0.29, 0.717) is 12.7 Å². The van der Waals surface area contributed by atoms with Crippen LogP contribution in [0.2, 0.25) is 0 Å². The molecule has 2 heterocycles. The molecule has 2 fully saturated rings. The third-order valence-electron chi connectivity index (χ3n) is 3.70. The summed E-state index contributed by atoms with van der Waals surface area (Å²) in [5, 5.41) is 0. The minimum atomic E-state index is -0.212. The quantitative estimate of drug-likeness (QED) is 0.779. The van der Waals surface area contributed by atoms with Crippen LogP contribution in [-0.4, -0.2) is 61.3 Å². The molecule has 0 aliphatic carbocycles. The number of hydrogen-bond donors (Lipinski definition) is 0. The predicted octanol–water partition coefficient (Wildman–Crippen LogP) is 1.34. The number of carbonyl (C=O) groups excluding carboxylic acids is 1. The van der Waals surface area contributed by atoms with Crippen molar-refractivity contribution in [3.63, 3.8) is 0 Å². The number of nitrogens with zero attached hydrogens (tertiary/aromatic N) is 2. The summed E-state index contributed by atoms with van der Waals surface area (Å²) in [5.41, 5.74) is 1.02. The Labute approximate surface area is 119 Å². The molecule has 0 bridgehead atoms. The van der Waals surface area contributed by atoms with Gasteiger partial charge in [0, 0.05) is 32.7 Å². The van der Waals surface area contributed by atoms with Gasteiger partial charge in [-0.25, -0.2) is 4.79 Å². The zero-order chi connectivity index (χ0) is 13.8. The first kappa shape index (κ1) is 13.4. The minimum Gasteiger partial charge on any atom is -0.445 e. The Bertz CT molecular complexity index is 440. The highest BCUT2D eigenvalue weighted by atomic mass is 16.6. The number of rotatable bonds is 4. The average molecular weight is 276 g/mol. The average Bonchev–Trinajstić information content (AvgIpc) is 3.31. The number of benzene rings is 1.